The van der Waals surface area contributed by atoms with Crippen molar-refractivity contribution in [1.82, 2.24) is 0 Å². The SMILES string of the molecule is CC(=O)OC1C[C@H]2C3=CC=C4CCCC[C@]4(C)[C@@H]3CC[C@]2(C)C1. The van der Waals surface area contributed by atoms with E-state index in [0.29, 0.717) is 16.7 Å². The highest BCUT2D eigenvalue weighted by Gasteiger charge is 2.55. The molecule has 0 bridgehead atoms. The first-order valence-corrected chi connectivity index (χ1v) is 9.51. The lowest BCUT2D eigenvalue weighted by atomic mass is 9.51. The van der Waals surface area contributed by atoms with E-state index < -0.39 is 0 Å². The minimum Gasteiger partial charge on any atom is -0.463 e. The van der Waals surface area contributed by atoms with Crippen molar-refractivity contribution in [3.8, 4) is 0 Å². The van der Waals surface area contributed by atoms with Gasteiger partial charge < -0.3 is 4.74 Å². The van der Waals surface area contributed by atoms with Gasteiger partial charge in [0, 0.05) is 6.92 Å². The quantitative estimate of drug-likeness (QED) is 0.622. The van der Waals surface area contributed by atoms with Crippen LogP contribution in [0.15, 0.2) is 23.3 Å². The van der Waals surface area contributed by atoms with Gasteiger partial charge in [0.05, 0.1) is 0 Å². The molecule has 0 N–H and O–H groups in total. The topological polar surface area (TPSA) is 26.3 Å². The monoisotopic (exact) mass is 314 g/mol. The minimum absolute atomic E-state index is 0.118. The second kappa shape index (κ2) is 5.22. The van der Waals surface area contributed by atoms with Crippen LogP contribution in [0, 0.1) is 22.7 Å². The Kier molecular flexibility index (Phi) is 3.52. The zero-order chi connectivity index (χ0) is 16.2. The maximum atomic E-state index is 11.4. The van der Waals surface area contributed by atoms with Crippen LogP contribution in [0.1, 0.15) is 72.1 Å². The van der Waals surface area contributed by atoms with Crippen molar-refractivity contribution in [2.24, 2.45) is 22.7 Å². The molecule has 126 valence electrons. The van der Waals surface area contributed by atoms with E-state index in [0.717, 1.165) is 18.8 Å². The highest BCUT2D eigenvalue weighted by Crippen LogP contribution is 2.63. The molecule has 0 aliphatic heterocycles. The van der Waals surface area contributed by atoms with Crippen LogP contribution in [-0.2, 0) is 9.53 Å². The summed E-state index contributed by atoms with van der Waals surface area (Å²) in [4.78, 5) is 11.4. The largest absolute Gasteiger partial charge is 0.463 e. The number of fused-ring (bicyclic) bond motifs is 5. The third-order valence-corrected chi connectivity index (χ3v) is 7.55. The van der Waals surface area contributed by atoms with Gasteiger partial charge in [-0.3, -0.25) is 4.79 Å². The fraction of sp³-hybridized carbons (Fsp3) is 0.762. The Morgan fingerprint density at radius 1 is 1.17 bits per heavy atom. The van der Waals surface area contributed by atoms with Crippen molar-refractivity contribution >= 4 is 5.97 Å². The van der Waals surface area contributed by atoms with E-state index in [1.807, 2.05) is 0 Å². The molecule has 0 spiro atoms. The van der Waals surface area contributed by atoms with Crippen molar-refractivity contribution in [3.05, 3.63) is 23.3 Å². The molecule has 0 amide bonds. The summed E-state index contributed by atoms with van der Waals surface area (Å²) in [5.41, 5.74) is 4.12. The molecule has 0 heterocycles. The molecule has 1 unspecified atom stereocenters. The molecule has 5 atom stereocenters. The summed E-state index contributed by atoms with van der Waals surface area (Å²) in [5.74, 6) is 1.23. The molecule has 3 fully saturated rings. The molecule has 0 radical (unpaired) electrons. The van der Waals surface area contributed by atoms with Crippen molar-refractivity contribution in [2.75, 3.05) is 0 Å². The standard InChI is InChI=1S/C21H30O2/c1-14(22)23-16-12-19-17-8-7-15-6-4-5-10-21(15,3)18(17)9-11-20(19,2)13-16/h7-8,16,18-19H,4-6,9-13H2,1-3H3/t16?,18-,19+,20-,21+/m1/s1. The third kappa shape index (κ3) is 2.32. The van der Waals surface area contributed by atoms with E-state index in [-0.39, 0.29) is 12.1 Å². The lowest BCUT2D eigenvalue weighted by molar-refractivity contribution is -0.146. The summed E-state index contributed by atoms with van der Waals surface area (Å²) < 4.78 is 5.60. The van der Waals surface area contributed by atoms with Crippen LogP contribution < -0.4 is 0 Å². The molecule has 4 rings (SSSR count). The highest BCUT2D eigenvalue weighted by molar-refractivity contribution is 5.66. The van der Waals surface area contributed by atoms with Crippen LogP contribution in [0.5, 0.6) is 0 Å². The number of carbonyl (C=O) groups excluding carboxylic acids is 1. The number of hydrogen-bond donors (Lipinski definition) is 0. The fourth-order valence-corrected chi connectivity index (χ4v) is 6.36. The summed E-state index contributed by atoms with van der Waals surface area (Å²) in [6, 6.07) is 0. The van der Waals surface area contributed by atoms with Gasteiger partial charge in [-0.2, -0.15) is 0 Å². The van der Waals surface area contributed by atoms with Crippen LogP contribution in [0.4, 0.5) is 0 Å². The molecule has 3 saturated carbocycles. The third-order valence-electron chi connectivity index (χ3n) is 7.55. The van der Waals surface area contributed by atoms with Crippen molar-refractivity contribution in [2.45, 2.75) is 78.2 Å². The Labute approximate surface area is 140 Å². The fourth-order valence-electron chi connectivity index (χ4n) is 6.36. The van der Waals surface area contributed by atoms with Gasteiger partial charge in [-0.1, -0.05) is 43.6 Å². The van der Waals surface area contributed by atoms with E-state index in [9.17, 15) is 4.79 Å². The second-order valence-electron chi connectivity index (χ2n) is 8.95. The van der Waals surface area contributed by atoms with Gasteiger partial charge >= 0.3 is 5.97 Å². The lowest BCUT2D eigenvalue weighted by Crippen LogP contribution is -2.43. The highest BCUT2D eigenvalue weighted by atomic mass is 16.5. The van der Waals surface area contributed by atoms with E-state index in [2.05, 4.69) is 26.0 Å². The summed E-state index contributed by atoms with van der Waals surface area (Å²) in [6.07, 6.45) is 15.2. The number of esters is 1. The van der Waals surface area contributed by atoms with E-state index >= 15 is 0 Å². The summed E-state index contributed by atoms with van der Waals surface area (Å²) in [7, 11) is 0. The number of carbonyl (C=O) groups is 1. The Morgan fingerprint density at radius 3 is 2.78 bits per heavy atom. The smallest absolute Gasteiger partial charge is 0.302 e. The van der Waals surface area contributed by atoms with E-state index in [1.165, 1.54) is 38.5 Å². The van der Waals surface area contributed by atoms with Crippen molar-refractivity contribution in [1.29, 1.82) is 0 Å². The van der Waals surface area contributed by atoms with Crippen LogP contribution >= 0.6 is 0 Å². The minimum atomic E-state index is -0.118. The number of ether oxygens (including phenoxy) is 1. The Balaban J connectivity index is 1.66. The van der Waals surface area contributed by atoms with Gasteiger partial charge in [0.15, 0.2) is 0 Å². The molecular weight excluding hydrogens is 284 g/mol. The molecule has 0 aromatic heterocycles. The predicted molar refractivity (Wildman–Crippen MR) is 91.9 cm³/mol. The molecule has 4 aliphatic rings. The normalized spacial score (nSPS) is 45.3. The van der Waals surface area contributed by atoms with Crippen LogP contribution in [0.3, 0.4) is 0 Å². The Hall–Kier alpha value is -1.05. The van der Waals surface area contributed by atoms with E-state index in [1.54, 1.807) is 18.1 Å². The molecule has 0 aromatic rings. The lowest BCUT2D eigenvalue weighted by Gasteiger charge is -2.53. The van der Waals surface area contributed by atoms with Crippen LogP contribution in [0.25, 0.3) is 0 Å². The molecule has 2 heteroatoms. The first-order valence-electron chi connectivity index (χ1n) is 9.51. The average molecular weight is 314 g/mol. The van der Waals surface area contributed by atoms with Gasteiger partial charge in [-0.05, 0) is 67.6 Å². The molecule has 4 aliphatic carbocycles. The summed E-state index contributed by atoms with van der Waals surface area (Å²) >= 11 is 0. The summed E-state index contributed by atoms with van der Waals surface area (Å²) in [5, 5.41) is 0. The Morgan fingerprint density at radius 2 is 2.00 bits per heavy atom. The number of rotatable bonds is 1. The molecule has 2 nitrogen and oxygen atoms in total. The number of hydrogen-bond acceptors (Lipinski definition) is 2. The molecule has 23 heavy (non-hydrogen) atoms. The van der Waals surface area contributed by atoms with Crippen molar-refractivity contribution < 1.29 is 9.53 Å². The first kappa shape index (κ1) is 15.5. The van der Waals surface area contributed by atoms with Crippen LogP contribution in [0.2, 0.25) is 0 Å². The van der Waals surface area contributed by atoms with Crippen LogP contribution in [-0.4, -0.2) is 12.1 Å². The van der Waals surface area contributed by atoms with Gasteiger partial charge in [-0.25, -0.2) is 0 Å². The molecular formula is C21H30O2. The van der Waals surface area contributed by atoms with E-state index in [4.69, 9.17) is 4.74 Å². The summed E-state index contributed by atoms with van der Waals surface area (Å²) in [6.45, 7) is 6.50. The maximum absolute atomic E-state index is 11.4. The maximum Gasteiger partial charge on any atom is 0.302 e. The molecule has 0 saturated heterocycles. The first-order chi connectivity index (χ1) is 10.9. The number of allylic oxidation sites excluding steroid dienone is 4. The van der Waals surface area contributed by atoms with Crippen molar-refractivity contribution in [3.63, 3.8) is 0 Å². The Bertz CT molecular complexity index is 587. The molecule has 0 aromatic carbocycles. The predicted octanol–water partition coefficient (Wildman–Crippen LogP) is 5.19. The average Bonchev–Trinajstić information content (AvgIpc) is 2.81. The van der Waals surface area contributed by atoms with Gasteiger partial charge in [0.1, 0.15) is 6.10 Å². The zero-order valence-electron chi connectivity index (χ0n) is 14.9. The van der Waals surface area contributed by atoms with Gasteiger partial charge in [0.2, 0.25) is 0 Å². The van der Waals surface area contributed by atoms with Gasteiger partial charge in [0.25, 0.3) is 0 Å². The zero-order valence-corrected chi connectivity index (χ0v) is 14.9. The van der Waals surface area contributed by atoms with Gasteiger partial charge in [-0.15, -0.1) is 0 Å². The second-order valence-corrected chi connectivity index (χ2v) is 8.95.